The van der Waals surface area contributed by atoms with Crippen molar-refractivity contribution in [2.75, 3.05) is 0 Å². The summed E-state index contributed by atoms with van der Waals surface area (Å²) in [6.45, 7) is 0. The molecule has 1 aliphatic rings. The molecule has 3 rings (SSSR count). The molecule has 20 heavy (non-hydrogen) atoms. The first-order chi connectivity index (χ1) is 9.65. The Morgan fingerprint density at radius 2 is 1.80 bits per heavy atom. The maximum atomic E-state index is 13.8. The fraction of sp³-hybridized carbons (Fsp3) is 0.235. The zero-order valence-electron chi connectivity index (χ0n) is 10.9. The molecule has 2 aromatic rings. The van der Waals surface area contributed by atoms with E-state index in [1.165, 1.54) is 37.0 Å². The first-order valence-electron chi connectivity index (χ1n) is 6.75. The first kappa shape index (κ1) is 13.5. The molecule has 0 aromatic heterocycles. The maximum absolute atomic E-state index is 13.8. The van der Waals surface area contributed by atoms with E-state index < -0.39 is 5.82 Å². The summed E-state index contributed by atoms with van der Waals surface area (Å²) in [4.78, 5) is 12.3. The molecule has 1 aliphatic carbocycles. The Hall–Kier alpha value is -1.48. The molecule has 0 unspecified atom stereocenters. The lowest BCUT2D eigenvalue weighted by Crippen LogP contribution is -2.09. The minimum Gasteiger partial charge on any atom is -0.288 e. The molecule has 1 saturated carbocycles. The third kappa shape index (κ3) is 2.55. The summed E-state index contributed by atoms with van der Waals surface area (Å²) in [5, 5.41) is 0. The number of ketones is 1. The Balaban J connectivity index is 1.86. The number of rotatable bonds is 3. The van der Waals surface area contributed by atoms with Crippen LogP contribution in [0.4, 0.5) is 4.39 Å². The minimum absolute atomic E-state index is 0.115. The lowest BCUT2D eigenvalue weighted by Gasteiger charge is -2.25. The Labute approximate surface area is 126 Å². The lowest BCUT2D eigenvalue weighted by molar-refractivity contribution is 0.103. The van der Waals surface area contributed by atoms with Crippen molar-refractivity contribution in [1.82, 2.24) is 0 Å². The summed E-state index contributed by atoms with van der Waals surface area (Å²) in [6.07, 6.45) is 3.75. The van der Waals surface area contributed by atoms with E-state index in [4.69, 9.17) is 0 Å². The van der Waals surface area contributed by atoms with Gasteiger partial charge >= 0.3 is 0 Å². The molecule has 0 atom stereocenters. The van der Waals surface area contributed by atoms with Crippen molar-refractivity contribution in [3.63, 3.8) is 0 Å². The molecular formula is C17H14BrFO. The molecule has 0 spiro atoms. The normalized spacial score (nSPS) is 14.9. The van der Waals surface area contributed by atoms with E-state index in [0.29, 0.717) is 16.0 Å². The quantitative estimate of drug-likeness (QED) is 0.716. The van der Waals surface area contributed by atoms with E-state index in [0.717, 1.165) is 0 Å². The number of hydrogen-bond acceptors (Lipinski definition) is 1. The highest BCUT2D eigenvalue weighted by molar-refractivity contribution is 9.10. The van der Waals surface area contributed by atoms with Crippen molar-refractivity contribution in [2.45, 2.75) is 25.2 Å². The van der Waals surface area contributed by atoms with E-state index in [1.807, 2.05) is 12.1 Å². The van der Waals surface area contributed by atoms with Gasteiger partial charge in [-0.15, -0.1) is 0 Å². The molecule has 1 fully saturated rings. The molecule has 0 N–H and O–H groups in total. The van der Waals surface area contributed by atoms with Gasteiger partial charge in [-0.05, 0) is 42.5 Å². The SMILES string of the molecule is O=C(c1ccc(C2CCC2)cc1)c1ccc(Br)cc1F. The average molecular weight is 333 g/mol. The van der Waals surface area contributed by atoms with Gasteiger partial charge in [0.1, 0.15) is 5.82 Å². The van der Waals surface area contributed by atoms with Crippen LogP contribution in [0.3, 0.4) is 0 Å². The maximum Gasteiger partial charge on any atom is 0.195 e. The summed E-state index contributed by atoms with van der Waals surface area (Å²) >= 11 is 3.19. The van der Waals surface area contributed by atoms with Gasteiger partial charge in [-0.3, -0.25) is 4.79 Å². The van der Waals surface area contributed by atoms with Gasteiger partial charge in [0.05, 0.1) is 5.56 Å². The molecular weight excluding hydrogens is 319 g/mol. The molecule has 3 heteroatoms. The van der Waals surface area contributed by atoms with Crippen LogP contribution in [0, 0.1) is 5.82 Å². The van der Waals surface area contributed by atoms with E-state index in [2.05, 4.69) is 15.9 Å². The number of hydrogen-bond donors (Lipinski definition) is 0. The standard InChI is InChI=1S/C17H14BrFO/c18-14-8-9-15(16(19)10-14)17(20)13-6-4-12(5-7-13)11-2-1-3-11/h4-11H,1-3H2. The van der Waals surface area contributed by atoms with Gasteiger partial charge in [-0.25, -0.2) is 4.39 Å². The number of carbonyl (C=O) groups excluding carboxylic acids is 1. The molecule has 102 valence electrons. The largest absolute Gasteiger partial charge is 0.288 e. The molecule has 0 radical (unpaired) electrons. The van der Waals surface area contributed by atoms with Gasteiger partial charge < -0.3 is 0 Å². The van der Waals surface area contributed by atoms with Crippen molar-refractivity contribution in [3.05, 3.63) is 69.4 Å². The van der Waals surface area contributed by atoms with Crippen LogP contribution in [0.25, 0.3) is 0 Å². The minimum atomic E-state index is -0.493. The average Bonchev–Trinajstić information content (AvgIpc) is 2.37. The summed E-state index contributed by atoms with van der Waals surface area (Å²) in [5.74, 6) is -0.119. The summed E-state index contributed by atoms with van der Waals surface area (Å²) in [5.41, 5.74) is 1.93. The van der Waals surface area contributed by atoms with Crippen LogP contribution >= 0.6 is 15.9 Å². The molecule has 0 saturated heterocycles. The number of halogens is 2. The van der Waals surface area contributed by atoms with Crippen LogP contribution in [0.2, 0.25) is 0 Å². The molecule has 2 aromatic carbocycles. The molecule has 0 aliphatic heterocycles. The van der Waals surface area contributed by atoms with Gasteiger partial charge in [-0.1, -0.05) is 46.6 Å². The van der Waals surface area contributed by atoms with E-state index in [-0.39, 0.29) is 11.3 Å². The van der Waals surface area contributed by atoms with Crippen LogP contribution in [-0.2, 0) is 0 Å². The van der Waals surface area contributed by atoms with Crippen molar-refractivity contribution < 1.29 is 9.18 Å². The Morgan fingerprint density at radius 1 is 1.10 bits per heavy atom. The first-order valence-corrected chi connectivity index (χ1v) is 7.54. The summed E-state index contributed by atoms with van der Waals surface area (Å²) < 4.78 is 14.4. The Bertz CT molecular complexity index is 645. The van der Waals surface area contributed by atoms with Gasteiger partial charge in [0.2, 0.25) is 0 Å². The van der Waals surface area contributed by atoms with Crippen LogP contribution in [0.15, 0.2) is 46.9 Å². The second kappa shape index (κ2) is 5.49. The molecule has 1 nitrogen and oxygen atoms in total. The third-order valence-corrected chi connectivity index (χ3v) is 4.42. The van der Waals surface area contributed by atoms with Crippen molar-refractivity contribution in [3.8, 4) is 0 Å². The van der Waals surface area contributed by atoms with Gasteiger partial charge in [-0.2, -0.15) is 0 Å². The highest BCUT2D eigenvalue weighted by atomic mass is 79.9. The predicted molar refractivity (Wildman–Crippen MR) is 80.6 cm³/mol. The Morgan fingerprint density at radius 3 is 2.35 bits per heavy atom. The van der Waals surface area contributed by atoms with Crippen molar-refractivity contribution >= 4 is 21.7 Å². The fourth-order valence-electron chi connectivity index (χ4n) is 2.48. The molecule has 0 heterocycles. The van der Waals surface area contributed by atoms with E-state index in [1.54, 1.807) is 18.2 Å². The van der Waals surface area contributed by atoms with Crippen LogP contribution in [-0.4, -0.2) is 5.78 Å². The second-order valence-electron chi connectivity index (χ2n) is 5.20. The molecule has 0 amide bonds. The zero-order chi connectivity index (χ0) is 14.1. The van der Waals surface area contributed by atoms with E-state index >= 15 is 0 Å². The molecule has 0 bridgehead atoms. The second-order valence-corrected chi connectivity index (χ2v) is 6.12. The van der Waals surface area contributed by atoms with Gasteiger partial charge in [0.25, 0.3) is 0 Å². The fourth-order valence-corrected chi connectivity index (χ4v) is 2.81. The highest BCUT2D eigenvalue weighted by Gasteiger charge is 2.20. The van der Waals surface area contributed by atoms with Crippen LogP contribution in [0.1, 0.15) is 46.7 Å². The van der Waals surface area contributed by atoms with Crippen LogP contribution < -0.4 is 0 Å². The monoisotopic (exact) mass is 332 g/mol. The van der Waals surface area contributed by atoms with Gasteiger partial charge in [0.15, 0.2) is 5.78 Å². The summed E-state index contributed by atoms with van der Waals surface area (Å²) in [6, 6.07) is 12.1. The Kier molecular flexibility index (Phi) is 3.70. The number of carbonyl (C=O) groups is 1. The lowest BCUT2D eigenvalue weighted by atomic mass is 9.80. The predicted octanol–water partition coefficient (Wildman–Crippen LogP) is 5.09. The van der Waals surface area contributed by atoms with Gasteiger partial charge in [0, 0.05) is 10.0 Å². The van der Waals surface area contributed by atoms with Crippen LogP contribution in [0.5, 0.6) is 0 Å². The van der Waals surface area contributed by atoms with Crippen molar-refractivity contribution in [1.29, 1.82) is 0 Å². The van der Waals surface area contributed by atoms with E-state index in [9.17, 15) is 9.18 Å². The van der Waals surface area contributed by atoms with Crippen molar-refractivity contribution in [2.24, 2.45) is 0 Å². The topological polar surface area (TPSA) is 17.1 Å². The third-order valence-electron chi connectivity index (χ3n) is 3.93. The smallest absolute Gasteiger partial charge is 0.195 e. The summed E-state index contributed by atoms with van der Waals surface area (Å²) in [7, 11) is 0. The highest BCUT2D eigenvalue weighted by Crippen LogP contribution is 2.36. The number of benzene rings is 2. The zero-order valence-corrected chi connectivity index (χ0v) is 12.5.